The average Bonchev–Trinajstić information content (AvgIpc) is 2.15. The fourth-order valence-electron chi connectivity index (χ4n) is 1.46. The molecule has 6 heteroatoms. The van der Waals surface area contributed by atoms with Gasteiger partial charge in [0.2, 0.25) is 0 Å². The van der Waals surface area contributed by atoms with Gasteiger partial charge in [-0.15, -0.1) is 0 Å². The third-order valence-corrected chi connectivity index (χ3v) is 3.02. The second kappa shape index (κ2) is 4.73. The van der Waals surface area contributed by atoms with E-state index < -0.39 is 10.1 Å². The third-order valence-electron chi connectivity index (χ3n) is 2.10. The second-order valence-corrected chi connectivity index (χ2v) is 4.53. The summed E-state index contributed by atoms with van der Waals surface area (Å²) in [7, 11) is -4.26. The molecule has 0 aliphatic rings. The Kier molecular flexibility index (Phi) is 3.98. The average molecular weight is 247 g/mol. The second-order valence-electron chi connectivity index (χ2n) is 3.14. The van der Waals surface area contributed by atoms with E-state index in [0.717, 1.165) is 0 Å². The molecule has 0 spiro atoms. The molecule has 0 fully saturated rings. The smallest absolute Gasteiger partial charge is 0.508 e. The Morgan fingerprint density at radius 1 is 1.06 bits per heavy atom. The van der Waals surface area contributed by atoms with Gasteiger partial charge in [-0.25, -0.2) is 0 Å². The van der Waals surface area contributed by atoms with Gasteiger partial charge in [0, 0.05) is 5.39 Å². The molecule has 16 heavy (non-hydrogen) atoms. The number of phenolic OH excluding ortho intramolecular Hbond substituents is 1. The Labute approximate surface area is 115 Å². The van der Waals surface area contributed by atoms with Crippen LogP contribution in [0.1, 0.15) is 0 Å². The predicted molar refractivity (Wildman–Crippen MR) is 55.4 cm³/mol. The van der Waals surface area contributed by atoms with E-state index in [-0.39, 0.29) is 40.2 Å². The van der Waals surface area contributed by atoms with Crippen LogP contribution in [0.4, 0.5) is 0 Å². The van der Waals surface area contributed by atoms with Gasteiger partial charge in [-0.1, -0.05) is 18.2 Å². The number of aromatic hydroxyl groups is 1. The molecule has 0 aromatic heterocycles. The fraction of sp³-hybridized carbons (Fsp3) is 0. The first-order chi connectivity index (χ1) is 6.98. The molecule has 2 N–H and O–H groups in total. The Morgan fingerprint density at radius 2 is 1.75 bits per heavy atom. The molecule has 2 aromatic rings. The van der Waals surface area contributed by atoms with Crippen LogP contribution in [0.2, 0.25) is 0 Å². The van der Waals surface area contributed by atoms with Crippen molar-refractivity contribution in [1.29, 1.82) is 0 Å². The molecule has 0 aliphatic carbocycles. The number of benzene rings is 2. The summed E-state index contributed by atoms with van der Waals surface area (Å²) in [5.41, 5.74) is 0. The van der Waals surface area contributed by atoms with E-state index in [2.05, 4.69) is 0 Å². The molecule has 0 saturated carbocycles. The van der Waals surface area contributed by atoms with Crippen molar-refractivity contribution in [2.45, 2.75) is 4.90 Å². The number of hydrogen-bond acceptors (Lipinski definition) is 3. The molecule has 0 bridgehead atoms. The number of rotatable bonds is 1. The van der Waals surface area contributed by atoms with Crippen molar-refractivity contribution in [3.05, 3.63) is 36.4 Å². The minimum Gasteiger partial charge on any atom is -0.508 e. The van der Waals surface area contributed by atoms with Gasteiger partial charge >= 0.3 is 29.6 Å². The number of hydrogen-bond donors (Lipinski definition) is 2. The summed E-state index contributed by atoms with van der Waals surface area (Å²) in [6, 6.07) is 8.86. The number of fused-ring (bicyclic) bond motifs is 1. The van der Waals surface area contributed by atoms with Gasteiger partial charge in [0.25, 0.3) is 10.1 Å². The molecule has 0 amide bonds. The first-order valence-electron chi connectivity index (χ1n) is 4.18. The molecular formula is C10H8NaO4S+. The Hall–Kier alpha value is -0.590. The summed E-state index contributed by atoms with van der Waals surface area (Å²) in [5, 5.41) is 10.2. The summed E-state index contributed by atoms with van der Waals surface area (Å²) in [6.45, 7) is 0. The fourth-order valence-corrected chi connectivity index (χ4v) is 2.16. The van der Waals surface area contributed by atoms with E-state index in [1.165, 1.54) is 24.3 Å². The number of phenols is 1. The third kappa shape index (κ3) is 2.56. The first-order valence-corrected chi connectivity index (χ1v) is 5.62. The Bertz CT molecular complexity index is 622. The van der Waals surface area contributed by atoms with Crippen molar-refractivity contribution in [2.24, 2.45) is 0 Å². The van der Waals surface area contributed by atoms with Gasteiger partial charge in [0.15, 0.2) is 0 Å². The van der Waals surface area contributed by atoms with Crippen molar-refractivity contribution in [3.8, 4) is 5.75 Å². The minimum absolute atomic E-state index is 0. The van der Waals surface area contributed by atoms with Gasteiger partial charge in [-0.3, -0.25) is 4.55 Å². The standard InChI is InChI=1S/C10H8O4S.Na/c11-8-5-4-7-2-1-3-10(9(7)6-8)15(12,13)14;/h1-6,11H,(H,12,13,14);/q;+1. The van der Waals surface area contributed by atoms with E-state index >= 15 is 0 Å². The molecule has 0 atom stereocenters. The van der Waals surface area contributed by atoms with Crippen LogP contribution in [-0.2, 0) is 10.1 Å². The van der Waals surface area contributed by atoms with Crippen molar-refractivity contribution in [2.75, 3.05) is 0 Å². The summed E-state index contributed by atoms with van der Waals surface area (Å²) < 4.78 is 31.0. The molecule has 0 aliphatic heterocycles. The SMILES string of the molecule is O=S(=O)(O)c1cccc2ccc(O)cc12.[Na+]. The first kappa shape index (κ1) is 13.5. The maximum Gasteiger partial charge on any atom is 1.00 e. The summed E-state index contributed by atoms with van der Waals surface area (Å²) in [6.07, 6.45) is 0. The van der Waals surface area contributed by atoms with Gasteiger partial charge in [-0.05, 0) is 23.6 Å². The van der Waals surface area contributed by atoms with Crippen LogP contribution in [-0.4, -0.2) is 18.1 Å². The van der Waals surface area contributed by atoms with Gasteiger partial charge in [0.1, 0.15) is 10.6 Å². The van der Waals surface area contributed by atoms with E-state index in [4.69, 9.17) is 4.55 Å². The van der Waals surface area contributed by atoms with Crippen LogP contribution in [0, 0.1) is 0 Å². The quantitative estimate of drug-likeness (QED) is 0.490. The largest absolute Gasteiger partial charge is 1.00 e. The Balaban J connectivity index is 0.00000128. The van der Waals surface area contributed by atoms with Crippen LogP contribution in [0.15, 0.2) is 41.3 Å². The zero-order chi connectivity index (χ0) is 11.1. The molecule has 0 unspecified atom stereocenters. The van der Waals surface area contributed by atoms with Crippen molar-refractivity contribution in [1.82, 2.24) is 0 Å². The Morgan fingerprint density at radius 3 is 2.38 bits per heavy atom. The van der Waals surface area contributed by atoms with Crippen LogP contribution in [0.25, 0.3) is 10.8 Å². The predicted octanol–water partition coefficient (Wildman–Crippen LogP) is -1.20. The van der Waals surface area contributed by atoms with Crippen molar-refractivity contribution >= 4 is 20.9 Å². The molecule has 2 aromatic carbocycles. The molecule has 0 saturated heterocycles. The minimum atomic E-state index is -4.26. The summed E-state index contributed by atoms with van der Waals surface area (Å²) in [4.78, 5) is -0.198. The van der Waals surface area contributed by atoms with Crippen LogP contribution in [0.3, 0.4) is 0 Å². The molecule has 78 valence electrons. The summed E-state index contributed by atoms with van der Waals surface area (Å²) >= 11 is 0. The van der Waals surface area contributed by atoms with E-state index in [9.17, 15) is 13.5 Å². The van der Waals surface area contributed by atoms with E-state index in [1.807, 2.05) is 0 Å². The van der Waals surface area contributed by atoms with Crippen LogP contribution in [0.5, 0.6) is 5.75 Å². The summed E-state index contributed by atoms with van der Waals surface area (Å²) in [5.74, 6) is -0.0430. The maximum atomic E-state index is 11.0. The zero-order valence-electron chi connectivity index (χ0n) is 8.58. The monoisotopic (exact) mass is 247 g/mol. The molecule has 0 heterocycles. The molecular weight excluding hydrogens is 239 g/mol. The van der Waals surface area contributed by atoms with E-state index in [1.54, 1.807) is 12.1 Å². The van der Waals surface area contributed by atoms with Crippen LogP contribution < -0.4 is 29.6 Å². The van der Waals surface area contributed by atoms with Crippen molar-refractivity contribution < 1.29 is 47.6 Å². The molecule has 4 nitrogen and oxygen atoms in total. The van der Waals surface area contributed by atoms with Gasteiger partial charge in [0.05, 0.1) is 0 Å². The van der Waals surface area contributed by atoms with Crippen molar-refractivity contribution in [3.63, 3.8) is 0 Å². The molecule has 2 rings (SSSR count). The van der Waals surface area contributed by atoms with Gasteiger partial charge < -0.3 is 5.11 Å². The normalized spacial score (nSPS) is 11.1. The maximum absolute atomic E-state index is 11.0. The van der Waals surface area contributed by atoms with Crippen LogP contribution >= 0.6 is 0 Å². The molecule has 0 radical (unpaired) electrons. The zero-order valence-corrected chi connectivity index (χ0v) is 11.4. The topological polar surface area (TPSA) is 74.6 Å². The van der Waals surface area contributed by atoms with E-state index in [0.29, 0.717) is 10.8 Å². The van der Waals surface area contributed by atoms with Gasteiger partial charge in [-0.2, -0.15) is 8.42 Å².